The average molecular weight is 143 g/mol. The monoisotopic (exact) mass is 143 g/mol. The number of ether oxygens (including phenoxy) is 2. The van der Waals surface area contributed by atoms with Crippen molar-refractivity contribution in [2.24, 2.45) is 5.92 Å². The normalized spacial score (nSPS) is 40.8. The summed E-state index contributed by atoms with van der Waals surface area (Å²) >= 11 is 0. The van der Waals surface area contributed by atoms with Crippen molar-refractivity contribution in [3.63, 3.8) is 0 Å². The molecule has 2 aliphatic heterocycles. The standard InChI is InChI=1S/C7H13NO2/c1-2-9-4-6-5-10-7(6)3-8-1/h6-8H,1-5H2. The van der Waals surface area contributed by atoms with Crippen molar-refractivity contribution in [3.8, 4) is 0 Å². The Morgan fingerprint density at radius 1 is 1.30 bits per heavy atom. The molecule has 3 heteroatoms. The lowest BCUT2D eigenvalue weighted by molar-refractivity contribution is -0.144. The van der Waals surface area contributed by atoms with Crippen LogP contribution in [0.15, 0.2) is 0 Å². The van der Waals surface area contributed by atoms with Crippen molar-refractivity contribution in [1.29, 1.82) is 0 Å². The lowest BCUT2D eigenvalue weighted by Crippen LogP contribution is -2.50. The molecule has 1 N–H and O–H groups in total. The van der Waals surface area contributed by atoms with E-state index in [9.17, 15) is 0 Å². The third-order valence-electron chi connectivity index (χ3n) is 2.15. The molecule has 0 bridgehead atoms. The first-order valence-corrected chi connectivity index (χ1v) is 3.87. The summed E-state index contributed by atoms with van der Waals surface area (Å²) in [5.74, 6) is 0.660. The van der Waals surface area contributed by atoms with Crippen LogP contribution in [0.2, 0.25) is 0 Å². The Labute approximate surface area is 60.7 Å². The van der Waals surface area contributed by atoms with Gasteiger partial charge in [0.05, 0.1) is 25.9 Å². The molecule has 2 unspecified atom stereocenters. The van der Waals surface area contributed by atoms with Gasteiger partial charge in [0, 0.05) is 19.0 Å². The lowest BCUT2D eigenvalue weighted by Gasteiger charge is -2.38. The Morgan fingerprint density at radius 3 is 3.10 bits per heavy atom. The summed E-state index contributed by atoms with van der Waals surface area (Å²) in [6.07, 6.45) is 0.431. The minimum atomic E-state index is 0.431. The van der Waals surface area contributed by atoms with Crippen molar-refractivity contribution in [2.75, 3.05) is 32.9 Å². The number of rotatable bonds is 0. The van der Waals surface area contributed by atoms with Gasteiger partial charge in [0.2, 0.25) is 0 Å². The molecule has 2 fully saturated rings. The smallest absolute Gasteiger partial charge is 0.0771 e. The summed E-state index contributed by atoms with van der Waals surface area (Å²) in [5.41, 5.74) is 0. The highest BCUT2D eigenvalue weighted by molar-refractivity contribution is 4.81. The van der Waals surface area contributed by atoms with Crippen LogP contribution in [0, 0.1) is 5.92 Å². The maximum Gasteiger partial charge on any atom is 0.0771 e. The Morgan fingerprint density at radius 2 is 2.30 bits per heavy atom. The zero-order valence-corrected chi connectivity index (χ0v) is 6.01. The van der Waals surface area contributed by atoms with Gasteiger partial charge in [-0.05, 0) is 0 Å². The second kappa shape index (κ2) is 2.86. The maximum absolute atomic E-state index is 5.37. The van der Waals surface area contributed by atoms with E-state index in [4.69, 9.17) is 9.47 Å². The zero-order valence-electron chi connectivity index (χ0n) is 6.01. The van der Waals surface area contributed by atoms with Crippen molar-refractivity contribution in [2.45, 2.75) is 6.10 Å². The summed E-state index contributed by atoms with van der Waals surface area (Å²) in [6.45, 7) is 4.61. The van der Waals surface area contributed by atoms with Gasteiger partial charge in [-0.15, -0.1) is 0 Å². The van der Waals surface area contributed by atoms with Crippen molar-refractivity contribution in [3.05, 3.63) is 0 Å². The summed E-state index contributed by atoms with van der Waals surface area (Å²) in [7, 11) is 0. The van der Waals surface area contributed by atoms with Gasteiger partial charge in [0.25, 0.3) is 0 Å². The molecule has 10 heavy (non-hydrogen) atoms. The first-order chi connectivity index (χ1) is 4.97. The fourth-order valence-corrected chi connectivity index (χ4v) is 1.37. The van der Waals surface area contributed by atoms with Crippen LogP contribution < -0.4 is 5.32 Å². The fourth-order valence-electron chi connectivity index (χ4n) is 1.37. The van der Waals surface area contributed by atoms with Gasteiger partial charge in [0.1, 0.15) is 0 Å². The van der Waals surface area contributed by atoms with E-state index in [0.29, 0.717) is 12.0 Å². The topological polar surface area (TPSA) is 30.5 Å². The molecule has 2 heterocycles. The molecule has 0 aromatic heterocycles. The molecule has 2 aliphatic rings. The van der Waals surface area contributed by atoms with Crippen LogP contribution in [0.4, 0.5) is 0 Å². The molecule has 0 amide bonds. The van der Waals surface area contributed by atoms with Crippen LogP contribution >= 0.6 is 0 Å². The highest BCUT2D eigenvalue weighted by Crippen LogP contribution is 2.20. The molecular weight excluding hydrogens is 130 g/mol. The van der Waals surface area contributed by atoms with Gasteiger partial charge in [0.15, 0.2) is 0 Å². The molecule has 3 nitrogen and oxygen atoms in total. The van der Waals surface area contributed by atoms with Crippen LogP contribution in [-0.4, -0.2) is 39.0 Å². The van der Waals surface area contributed by atoms with Gasteiger partial charge in [-0.2, -0.15) is 0 Å². The van der Waals surface area contributed by atoms with Crippen LogP contribution in [0.5, 0.6) is 0 Å². The van der Waals surface area contributed by atoms with E-state index in [0.717, 1.165) is 32.9 Å². The van der Waals surface area contributed by atoms with E-state index in [2.05, 4.69) is 5.32 Å². The molecule has 0 saturated carbocycles. The molecule has 2 saturated heterocycles. The van der Waals surface area contributed by atoms with Gasteiger partial charge in [-0.3, -0.25) is 0 Å². The Kier molecular flexibility index (Phi) is 1.88. The molecule has 0 aromatic rings. The van der Waals surface area contributed by atoms with Crippen LogP contribution in [0.3, 0.4) is 0 Å². The summed E-state index contributed by atoms with van der Waals surface area (Å²) in [6, 6.07) is 0. The van der Waals surface area contributed by atoms with E-state index >= 15 is 0 Å². The number of fused-ring (bicyclic) bond motifs is 1. The highest BCUT2D eigenvalue weighted by Gasteiger charge is 2.32. The number of hydrogen-bond donors (Lipinski definition) is 1. The van der Waals surface area contributed by atoms with Gasteiger partial charge >= 0.3 is 0 Å². The largest absolute Gasteiger partial charge is 0.380 e. The van der Waals surface area contributed by atoms with Crippen LogP contribution in [-0.2, 0) is 9.47 Å². The third-order valence-corrected chi connectivity index (χ3v) is 2.15. The predicted molar refractivity (Wildman–Crippen MR) is 36.9 cm³/mol. The van der Waals surface area contributed by atoms with Crippen molar-refractivity contribution < 1.29 is 9.47 Å². The SMILES string of the molecule is C1COCC2COC2CN1. The van der Waals surface area contributed by atoms with E-state index in [1.54, 1.807) is 0 Å². The first-order valence-electron chi connectivity index (χ1n) is 3.87. The summed E-state index contributed by atoms with van der Waals surface area (Å²) in [4.78, 5) is 0. The molecule has 0 aromatic carbocycles. The minimum Gasteiger partial charge on any atom is -0.380 e. The fraction of sp³-hybridized carbons (Fsp3) is 1.00. The van der Waals surface area contributed by atoms with E-state index in [1.165, 1.54) is 0 Å². The quantitative estimate of drug-likeness (QED) is 0.501. The highest BCUT2D eigenvalue weighted by atomic mass is 16.5. The maximum atomic E-state index is 5.37. The predicted octanol–water partition coefficient (Wildman–Crippen LogP) is -0.379. The second-order valence-electron chi connectivity index (χ2n) is 2.91. The van der Waals surface area contributed by atoms with Crippen LogP contribution in [0.25, 0.3) is 0 Å². The van der Waals surface area contributed by atoms with Crippen LogP contribution in [0.1, 0.15) is 0 Å². The second-order valence-corrected chi connectivity index (χ2v) is 2.91. The van der Waals surface area contributed by atoms with Gasteiger partial charge < -0.3 is 14.8 Å². The summed E-state index contributed by atoms with van der Waals surface area (Å²) < 4.78 is 10.7. The van der Waals surface area contributed by atoms with Crippen molar-refractivity contribution in [1.82, 2.24) is 5.32 Å². The molecule has 58 valence electrons. The van der Waals surface area contributed by atoms with E-state index in [1.807, 2.05) is 0 Å². The molecule has 2 rings (SSSR count). The molecule has 0 radical (unpaired) electrons. The average Bonchev–Trinajstić information content (AvgIpc) is 1.89. The Hall–Kier alpha value is -0.120. The lowest BCUT2D eigenvalue weighted by atomic mass is 9.99. The molecule has 0 aliphatic carbocycles. The minimum absolute atomic E-state index is 0.431. The molecule has 2 atom stereocenters. The molecular formula is C7H13NO2. The Balaban J connectivity index is 1.83. The van der Waals surface area contributed by atoms with Gasteiger partial charge in [-0.1, -0.05) is 0 Å². The third kappa shape index (κ3) is 1.17. The van der Waals surface area contributed by atoms with E-state index in [-0.39, 0.29) is 0 Å². The zero-order chi connectivity index (χ0) is 6.81. The first kappa shape index (κ1) is 6.58. The number of nitrogens with one attached hydrogen (secondary N) is 1. The van der Waals surface area contributed by atoms with Gasteiger partial charge in [-0.25, -0.2) is 0 Å². The molecule has 0 spiro atoms. The van der Waals surface area contributed by atoms with Crippen molar-refractivity contribution >= 4 is 0 Å². The Bertz CT molecular complexity index is 104. The van der Waals surface area contributed by atoms with E-state index < -0.39 is 0 Å². The number of hydrogen-bond acceptors (Lipinski definition) is 3. The summed E-state index contributed by atoms with van der Waals surface area (Å²) in [5, 5.41) is 3.27.